The molecule has 6 nitrogen and oxygen atoms in total. The molecule has 1 N–H and O–H groups in total. The molecule has 0 amide bonds. The number of fused-ring (bicyclic) bond motifs is 1. The monoisotopic (exact) mass is 319 g/mol. The van der Waals surface area contributed by atoms with Gasteiger partial charge in [0.2, 0.25) is 5.82 Å². The highest BCUT2D eigenvalue weighted by Crippen LogP contribution is 2.17. The van der Waals surface area contributed by atoms with Crippen LogP contribution in [0.4, 0.5) is 0 Å². The number of rotatable bonds is 4. The molecule has 4 rings (SSSR count). The number of H-pyrrole nitrogens is 1. The molecule has 0 saturated heterocycles. The van der Waals surface area contributed by atoms with Crippen LogP contribution < -0.4 is 0 Å². The number of nitrogens with zero attached hydrogens (tertiary/aromatic N) is 2. The molecule has 0 saturated carbocycles. The van der Waals surface area contributed by atoms with Gasteiger partial charge < -0.3 is 14.2 Å². The first-order valence-electron chi connectivity index (χ1n) is 7.42. The average Bonchev–Trinajstić information content (AvgIpc) is 3.27. The number of hydrogen-bond acceptors (Lipinski definition) is 5. The van der Waals surface area contributed by atoms with E-state index in [-0.39, 0.29) is 12.5 Å². The van der Waals surface area contributed by atoms with E-state index in [1.807, 2.05) is 54.6 Å². The van der Waals surface area contributed by atoms with Crippen molar-refractivity contribution in [2.45, 2.75) is 6.61 Å². The van der Waals surface area contributed by atoms with Crippen LogP contribution in [0.5, 0.6) is 0 Å². The number of aromatic amines is 1. The fraction of sp³-hybridized carbons (Fsp3) is 0.0556. The number of benzene rings is 2. The normalized spacial score (nSPS) is 10.8. The van der Waals surface area contributed by atoms with Gasteiger partial charge in [0.15, 0.2) is 6.61 Å². The lowest BCUT2D eigenvalue weighted by atomic mass is 10.2. The molecular weight excluding hydrogens is 306 g/mol. The van der Waals surface area contributed by atoms with Crippen LogP contribution in [-0.4, -0.2) is 21.1 Å². The van der Waals surface area contributed by atoms with Gasteiger partial charge in [-0.15, -0.1) is 0 Å². The maximum absolute atomic E-state index is 12.1. The summed E-state index contributed by atoms with van der Waals surface area (Å²) in [5.41, 5.74) is 2.11. The second-order valence-electron chi connectivity index (χ2n) is 5.22. The first-order valence-corrected chi connectivity index (χ1v) is 7.42. The molecule has 0 unspecified atom stereocenters. The fourth-order valence-corrected chi connectivity index (χ4v) is 2.41. The molecule has 4 aromatic rings. The van der Waals surface area contributed by atoms with Crippen molar-refractivity contribution < 1.29 is 14.1 Å². The van der Waals surface area contributed by atoms with E-state index < -0.39 is 5.97 Å². The van der Waals surface area contributed by atoms with E-state index in [1.165, 1.54) is 0 Å². The summed E-state index contributed by atoms with van der Waals surface area (Å²) >= 11 is 0. The van der Waals surface area contributed by atoms with Gasteiger partial charge in [0.05, 0.1) is 0 Å². The minimum absolute atomic E-state index is 0.0754. The highest BCUT2D eigenvalue weighted by atomic mass is 16.6. The summed E-state index contributed by atoms with van der Waals surface area (Å²) in [6.45, 7) is -0.0754. The first kappa shape index (κ1) is 14.2. The van der Waals surface area contributed by atoms with Crippen molar-refractivity contribution in [1.82, 2.24) is 15.1 Å². The molecule has 24 heavy (non-hydrogen) atoms. The Kier molecular flexibility index (Phi) is 3.55. The van der Waals surface area contributed by atoms with Crippen LogP contribution >= 0.6 is 0 Å². The quantitative estimate of drug-likeness (QED) is 0.582. The van der Waals surface area contributed by atoms with E-state index in [2.05, 4.69) is 15.1 Å². The molecule has 0 spiro atoms. The van der Waals surface area contributed by atoms with Crippen LogP contribution in [0, 0.1) is 0 Å². The minimum atomic E-state index is -0.467. The van der Waals surface area contributed by atoms with E-state index in [0.717, 1.165) is 16.5 Å². The van der Waals surface area contributed by atoms with Gasteiger partial charge in [-0.1, -0.05) is 53.7 Å². The number of esters is 1. The number of para-hydroxylation sites is 1. The van der Waals surface area contributed by atoms with Crippen molar-refractivity contribution in [3.63, 3.8) is 0 Å². The zero-order valence-electron chi connectivity index (χ0n) is 12.6. The molecule has 0 bridgehead atoms. The number of carbonyl (C=O) groups excluding carboxylic acids is 1. The van der Waals surface area contributed by atoms with Gasteiger partial charge in [0, 0.05) is 16.5 Å². The van der Waals surface area contributed by atoms with E-state index in [0.29, 0.717) is 11.5 Å². The third kappa shape index (κ3) is 2.77. The lowest BCUT2D eigenvalue weighted by Gasteiger charge is -1.98. The Morgan fingerprint density at radius 3 is 2.71 bits per heavy atom. The minimum Gasteiger partial charge on any atom is -0.451 e. The van der Waals surface area contributed by atoms with E-state index >= 15 is 0 Å². The van der Waals surface area contributed by atoms with Gasteiger partial charge in [-0.2, -0.15) is 4.98 Å². The summed E-state index contributed by atoms with van der Waals surface area (Å²) in [6.07, 6.45) is 0. The van der Waals surface area contributed by atoms with Crippen molar-refractivity contribution in [2.75, 3.05) is 0 Å². The second kappa shape index (κ2) is 6.00. The van der Waals surface area contributed by atoms with Gasteiger partial charge in [-0.25, -0.2) is 4.79 Å². The molecule has 0 atom stereocenters. The third-order valence-corrected chi connectivity index (χ3v) is 3.58. The third-order valence-electron chi connectivity index (χ3n) is 3.58. The number of ether oxygens (including phenoxy) is 1. The molecule has 6 heteroatoms. The SMILES string of the molecule is O=C(OCc1nc(-c2ccccc2)no1)c1cc2ccccc2[nH]1. The van der Waals surface area contributed by atoms with Crippen LogP contribution in [0.1, 0.15) is 16.4 Å². The lowest BCUT2D eigenvalue weighted by Crippen LogP contribution is -2.05. The van der Waals surface area contributed by atoms with Crippen molar-refractivity contribution in [3.05, 3.63) is 72.2 Å². The second-order valence-corrected chi connectivity index (χ2v) is 5.22. The van der Waals surface area contributed by atoms with Gasteiger partial charge in [0.25, 0.3) is 5.89 Å². The van der Waals surface area contributed by atoms with Crippen LogP contribution in [0.3, 0.4) is 0 Å². The molecule has 0 aliphatic rings. The van der Waals surface area contributed by atoms with Crippen LogP contribution in [0.15, 0.2) is 65.2 Å². The van der Waals surface area contributed by atoms with E-state index in [9.17, 15) is 4.79 Å². The summed E-state index contributed by atoms with van der Waals surface area (Å²) in [7, 11) is 0. The molecule has 0 aliphatic carbocycles. The summed E-state index contributed by atoms with van der Waals surface area (Å²) in [5.74, 6) is 0.247. The van der Waals surface area contributed by atoms with Crippen molar-refractivity contribution in [2.24, 2.45) is 0 Å². The Morgan fingerprint density at radius 2 is 1.88 bits per heavy atom. The largest absolute Gasteiger partial charge is 0.451 e. The van der Waals surface area contributed by atoms with Gasteiger partial charge in [-0.05, 0) is 12.1 Å². The summed E-state index contributed by atoms with van der Waals surface area (Å²) in [5, 5.41) is 4.84. The molecule has 2 aromatic heterocycles. The summed E-state index contributed by atoms with van der Waals surface area (Å²) < 4.78 is 10.3. The molecule has 0 fully saturated rings. The number of carbonyl (C=O) groups is 1. The van der Waals surface area contributed by atoms with Crippen molar-refractivity contribution in [1.29, 1.82) is 0 Å². The Morgan fingerprint density at radius 1 is 1.08 bits per heavy atom. The Hall–Kier alpha value is -3.41. The lowest BCUT2D eigenvalue weighted by molar-refractivity contribution is 0.0424. The molecular formula is C18H13N3O3. The maximum Gasteiger partial charge on any atom is 0.355 e. The first-order chi connectivity index (χ1) is 11.8. The molecule has 118 valence electrons. The number of aromatic nitrogens is 3. The molecule has 0 radical (unpaired) electrons. The Balaban J connectivity index is 1.45. The van der Waals surface area contributed by atoms with Crippen LogP contribution in [0.2, 0.25) is 0 Å². The topological polar surface area (TPSA) is 81.0 Å². The van der Waals surface area contributed by atoms with E-state index in [1.54, 1.807) is 6.07 Å². The number of nitrogens with one attached hydrogen (secondary N) is 1. The zero-order chi connectivity index (χ0) is 16.4. The van der Waals surface area contributed by atoms with Gasteiger partial charge in [-0.3, -0.25) is 0 Å². The smallest absolute Gasteiger partial charge is 0.355 e. The number of hydrogen-bond donors (Lipinski definition) is 1. The van der Waals surface area contributed by atoms with Gasteiger partial charge >= 0.3 is 5.97 Å². The predicted molar refractivity (Wildman–Crippen MR) is 87.2 cm³/mol. The van der Waals surface area contributed by atoms with E-state index in [4.69, 9.17) is 9.26 Å². The molecule has 2 aromatic carbocycles. The highest BCUT2D eigenvalue weighted by Gasteiger charge is 2.14. The average molecular weight is 319 g/mol. The van der Waals surface area contributed by atoms with Gasteiger partial charge in [0.1, 0.15) is 5.69 Å². The van der Waals surface area contributed by atoms with Crippen LogP contribution in [0.25, 0.3) is 22.3 Å². The fourth-order valence-electron chi connectivity index (χ4n) is 2.41. The Labute approximate surface area is 137 Å². The molecule has 2 heterocycles. The maximum atomic E-state index is 12.1. The summed E-state index contributed by atoms with van der Waals surface area (Å²) in [4.78, 5) is 19.4. The zero-order valence-corrected chi connectivity index (χ0v) is 12.6. The van der Waals surface area contributed by atoms with Crippen LogP contribution in [-0.2, 0) is 11.3 Å². The van der Waals surface area contributed by atoms with Crippen molar-refractivity contribution >= 4 is 16.9 Å². The van der Waals surface area contributed by atoms with Crippen molar-refractivity contribution in [3.8, 4) is 11.4 Å². The standard InChI is InChI=1S/C18H13N3O3/c22-18(15-10-13-8-4-5-9-14(13)19-15)23-11-16-20-17(21-24-16)12-6-2-1-3-7-12/h1-10,19H,11H2. The molecule has 0 aliphatic heterocycles. The predicted octanol–water partition coefficient (Wildman–Crippen LogP) is 3.57. The Bertz CT molecular complexity index is 956. The summed E-state index contributed by atoms with van der Waals surface area (Å²) in [6, 6.07) is 18.8. The highest BCUT2D eigenvalue weighted by molar-refractivity contribution is 5.94.